The Hall–Kier alpha value is -0.610. The molecule has 0 saturated heterocycles. The monoisotopic (exact) mass is 184 g/mol. The second-order valence-electron chi connectivity index (χ2n) is 2.49. The smallest absolute Gasteiger partial charge is 0.187 e. The van der Waals surface area contributed by atoms with Crippen LogP contribution in [-0.2, 0) is 0 Å². The van der Waals surface area contributed by atoms with E-state index in [0.29, 0.717) is 5.75 Å². The van der Waals surface area contributed by atoms with Gasteiger partial charge >= 0.3 is 0 Å². The summed E-state index contributed by atoms with van der Waals surface area (Å²) in [6.45, 7) is 4.11. The Labute approximate surface area is 76.2 Å². The maximum atomic E-state index is 8.58. The molecule has 0 aromatic carbocycles. The van der Waals surface area contributed by atoms with Crippen molar-refractivity contribution in [1.82, 2.24) is 9.97 Å². The van der Waals surface area contributed by atoms with Crippen molar-refractivity contribution in [2.75, 3.05) is 12.4 Å². The highest BCUT2D eigenvalue weighted by atomic mass is 32.2. The van der Waals surface area contributed by atoms with Crippen molar-refractivity contribution in [2.24, 2.45) is 0 Å². The Balaban J connectivity index is 2.69. The van der Waals surface area contributed by atoms with Gasteiger partial charge in [0.15, 0.2) is 5.16 Å². The lowest BCUT2D eigenvalue weighted by Crippen LogP contribution is -1.94. The van der Waals surface area contributed by atoms with Crippen LogP contribution in [0.25, 0.3) is 0 Å². The summed E-state index contributed by atoms with van der Waals surface area (Å²) in [5.74, 6) is 0.655. The molecule has 1 aromatic rings. The predicted molar refractivity (Wildman–Crippen MR) is 49.3 cm³/mol. The first kappa shape index (κ1) is 9.48. The van der Waals surface area contributed by atoms with Crippen LogP contribution in [0.4, 0.5) is 0 Å². The van der Waals surface area contributed by atoms with Crippen LogP contribution in [0.5, 0.6) is 0 Å². The first-order chi connectivity index (χ1) is 5.74. The van der Waals surface area contributed by atoms with Crippen LogP contribution in [-0.4, -0.2) is 27.4 Å². The number of aryl methyl sites for hydroxylation is 2. The van der Waals surface area contributed by atoms with Crippen LogP contribution in [0.3, 0.4) is 0 Å². The van der Waals surface area contributed by atoms with Crippen molar-refractivity contribution in [3.8, 4) is 0 Å². The maximum Gasteiger partial charge on any atom is 0.187 e. The molecule has 0 radical (unpaired) electrons. The normalized spacial score (nSPS) is 10.2. The van der Waals surface area contributed by atoms with E-state index < -0.39 is 0 Å². The molecule has 0 amide bonds. The van der Waals surface area contributed by atoms with Crippen LogP contribution in [0.1, 0.15) is 11.3 Å². The molecular weight excluding hydrogens is 172 g/mol. The molecule has 0 saturated carbocycles. The number of aliphatic hydroxyl groups excluding tert-OH is 1. The van der Waals surface area contributed by atoms with Crippen LogP contribution in [0, 0.1) is 13.8 Å². The zero-order valence-corrected chi connectivity index (χ0v) is 8.06. The van der Waals surface area contributed by atoms with Gasteiger partial charge in [-0.1, -0.05) is 11.8 Å². The number of hydrogen-bond acceptors (Lipinski definition) is 4. The van der Waals surface area contributed by atoms with Gasteiger partial charge in [0.25, 0.3) is 0 Å². The highest BCUT2D eigenvalue weighted by molar-refractivity contribution is 7.99. The van der Waals surface area contributed by atoms with Crippen molar-refractivity contribution in [3.05, 3.63) is 17.5 Å². The van der Waals surface area contributed by atoms with Crippen LogP contribution in [0.15, 0.2) is 11.4 Å². The molecular formula is C8H12N2OS. The minimum absolute atomic E-state index is 0.168. The summed E-state index contributed by atoms with van der Waals surface area (Å²) in [6, 6.07) is 0. The van der Waals surface area contributed by atoms with E-state index in [1.165, 1.54) is 11.8 Å². The molecule has 1 heterocycles. The molecule has 0 bridgehead atoms. The third-order valence-corrected chi connectivity index (χ3v) is 2.37. The number of rotatable bonds is 3. The lowest BCUT2D eigenvalue weighted by molar-refractivity contribution is 0.322. The van der Waals surface area contributed by atoms with Crippen LogP contribution >= 0.6 is 11.8 Å². The number of thioether (sulfide) groups is 1. The molecule has 0 aliphatic rings. The molecule has 1 N–H and O–H groups in total. The number of nitrogens with zero attached hydrogens (tertiary/aromatic N) is 2. The van der Waals surface area contributed by atoms with E-state index in [4.69, 9.17) is 5.11 Å². The van der Waals surface area contributed by atoms with Crippen LogP contribution < -0.4 is 0 Å². The molecule has 0 atom stereocenters. The van der Waals surface area contributed by atoms with Gasteiger partial charge < -0.3 is 5.11 Å². The fraction of sp³-hybridized carbons (Fsp3) is 0.500. The quantitative estimate of drug-likeness (QED) is 0.566. The van der Waals surface area contributed by atoms with Crippen molar-refractivity contribution in [1.29, 1.82) is 0 Å². The largest absolute Gasteiger partial charge is 0.396 e. The summed E-state index contributed by atoms with van der Waals surface area (Å²) in [5, 5.41) is 9.32. The van der Waals surface area contributed by atoms with Gasteiger partial charge in [0.2, 0.25) is 0 Å². The summed E-state index contributed by atoms with van der Waals surface area (Å²) in [6.07, 6.45) is 1.81. The fourth-order valence-corrected chi connectivity index (χ4v) is 1.32. The third kappa shape index (κ3) is 2.46. The fourth-order valence-electron chi connectivity index (χ4n) is 0.712. The van der Waals surface area contributed by atoms with E-state index in [9.17, 15) is 0 Å². The third-order valence-electron chi connectivity index (χ3n) is 1.53. The number of hydrogen-bond donors (Lipinski definition) is 1. The summed E-state index contributed by atoms with van der Waals surface area (Å²) < 4.78 is 0. The first-order valence-corrected chi connectivity index (χ1v) is 4.76. The molecule has 0 unspecified atom stereocenters. The van der Waals surface area contributed by atoms with E-state index in [0.717, 1.165) is 16.4 Å². The van der Waals surface area contributed by atoms with Gasteiger partial charge in [-0.05, 0) is 19.4 Å². The molecule has 12 heavy (non-hydrogen) atoms. The molecule has 0 aliphatic heterocycles. The zero-order chi connectivity index (χ0) is 8.97. The summed E-state index contributed by atoms with van der Waals surface area (Å²) >= 11 is 1.47. The average Bonchev–Trinajstić information content (AvgIpc) is 2.07. The lowest BCUT2D eigenvalue weighted by Gasteiger charge is -2.00. The minimum Gasteiger partial charge on any atom is -0.396 e. The highest BCUT2D eigenvalue weighted by Crippen LogP contribution is 2.12. The standard InChI is InChI=1S/C8H12N2OS/c1-6-5-9-8(10-7(6)2)12-4-3-11/h5,11H,3-4H2,1-2H3. The van der Waals surface area contributed by atoms with Gasteiger partial charge in [0.1, 0.15) is 0 Å². The molecule has 3 nitrogen and oxygen atoms in total. The van der Waals surface area contributed by atoms with Gasteiger partial charge in [-0.2, -0.15) is 0 Å². The molecule has 1 aromatic heterocycles. The summed E-state index contributed by atoms with van der Waals surface area (Å²) in [4.78, 5) is 8.37. The van der Waals surface area contributed by atoms with Crippen molar-refractivity contribution < 1.29 is 5.11 Å². The van der Waals surface area contributed by atoms with Gasteiger partial charge in [0.05, 0.1) is 6.61 Å². The maximum absolute atomic E-state index is 8.58. The lowest BCUT2D eigenvalue weighted by atomic mass is 10.3. The van der Waals surface area contributed by atoms with Crippen molar-refractivity contribution in [2.45, 2.75) is 19.0 Å². The molecule has 4 heteroatoms. The summed E-state index contributed by atoms with van der Waals surface area (Å²) in [5.41, 5.74) is 2.11. The van der Waals surface area contributed by atoms with Gasteiger partial charge in [-0.15, -0.1) is 0 Å². The van der Waals surface area contributed by atoms with E-state index in [1.807, 2.05) is 20.0 Å². The van der Waals surface area contributed by atoms with Gasteiger partial charge in [-0.25, -0.2) is 9.97 Å². The van der Waals surface area contributed by atoms with Crippen molar-refractivity contribution >= 4 is 11.8 Å². The summed E-state index contributed by atoms with van der Waals surface area (Å²) in [7, 11) is 0. The van der Waals surface area contributed by atoms with Crippen LogP contribution in [0.2, 0.25) is 0 Å². The number of aromatic nitrogens is 2. The Kier molecular flexibility index (Phi) is 3.49. The number of aliphatic hydroxyl groups is 1. The minimum atomic E-state index is 0.168. The average molecular weight is 184 g/mol. The van der Waals surface area contributed by atoms with Gasteiger partial charge in [0, 0.05) is 17.6 Å². The first-order valence-electron chi connectivity index (χ1n) is 3.78. The molecule has 1 rings (SSSR count). The van der Waals surface area contributed by atoms with E-state index in [1.54, 1.807) is 0 Å². The second-order valence-corrected chi connectivity index (χ2v) is 3.56. The second kappa shape index (κ2) is 4.42. The molecule has 0 aliphatic carbocycles. The highest BCUT2D eigenvalue weighted by Gasteiger charge is 1.99. The van der Waals surface area contributed by atoms with E-state index >= 15 is 0 Å². The Morgan fingerprint density at radius 2 is 2.25 bits per heavy atom. The molecule has 0 spiro atoms. The van der Waals surface area contributed by atoms with E-state index in [-0.39, 0.29) is 6.61 Å². The van der Waals surface area contributed by atoms with E-state index in [2.05, 4.69) is 9.97 Å². The molecule has 66 valence electrons. The SMILES string of the molecule is Cc1cnc(SCCO)nc1C. The predicted octanol–water partition coefficient (Wildman–Crippen LogP) is 1.18. The topological polar surface area (TPSA) is 46.0 Å². The Bertz CT molecular complexity index is 265. The Morgan fingerprint density at radius 1 is 1.50 bits per heavy atom. The zero-order valence-electron chi connectivity index (χ0n) is 7.24. The van der Waals surface area contributed by atoms with Crippen molar-refractivity contribution in [3.63, 3.8) is 0 Å². The van der Waals surface area contributed by atoms with Gasteiger partial charge in [-0.3, -0.25) is 0 Å². The Morgan fingerprint density at radius 3 is 2.83 bits per heavy atom. The molecule has 0 fully saturated rings.